The predicted octanol–water partition coefficient (Wildman–Crippen LogP) is 5.31. The average Bonchev–Trinajstić information content (AvgIpc) is 2.34. The average molecular weight is 259 g/mol. The van der Waals surface area contributed by atoms with Crippen LogP contribution >= 0.6 is 11.6 Å². The van der Waals surface area contributed by atoms with E-state index in [1.54, 1.807) is 0 Å². The maximum Gasteiger partial charge on any atom is 0.224 e. The molecule has 1 nitrogen and oxygen atoms in total. The standard InChI is InChI=1S/C15H27ClO/c1-2-3-4-5-6-7-8-13-9-11-14(12-10-13)15(16)17/h13-14H,2-12H2,1H3. The summed E-state index contributed by atoms with van der Waals surface area (Å²) in [7, 11) is 0. The number of halogens is 1. The molecule has 0 amide bonds. The first-order valence-electron chi connectivity index (χ1n) is 7.43. The summed E-state index contributed by atoms with van der Waals surface area (Å²) in [4.78, 5) is 11.0. The molecule has 0 bridgehead atoms. The Bertz CT molecular complexity index is 207. The van der Waals surface area contributed by atoms with Crippen molar-refractivity contribution in [1.82, 2.24) is 0 Å². The lowest BCUT2D eigenvalue weighted by Crippen LogP contribution is -2.18. The van der Waals surface area contributed by atoms with Gasteiger partial charge in [-0.05, 0) is 43.2 Å². The van der Waals surface area contributed by atoms with Gasteiger partial charge in [0.1, 0.15) is 0 Å². The van der Waals surface area contributed by atoms with E-state index in [9.17, 15) is 4.79 Å². The Morgan fingerprint density at radius 2 is 1.59 bits per heavy atom. The van der Waals surface area contributed by atoms with Crippen LogP contribution in [0.4, 0.5) is 0 Å². The molecule has 1 rings (SSSR count). The quantitative estimate of drug-likeness (QED) is 0.426. The zero-order valence-electron chi connectivity index (χ0n) is 11.2. The molecule has 0 N–H and O–H groups in total. The van der Waals surface area contributed by atoms with Crippen LogP contribution in [0.3, 0.4) is 0 Å². The molecule has 0 spiro atoms. The highest BCUT2D eigenvalue weighted by Gasteiger charge is 2.24. The van der Waals surface area contributed by atoms with Gasteiger partial charge in [0.2, 0.25) is 5.24 Å². The van der Waals surface area contributed by atoms with Crippen LogP contribution in [0, 0.1) is 11.8 Å². The summed E-state index contributed by atoms with van der Waals surface area (Å²) < 4.78 is 0. The highest BCUT2D eigenvalue weighted by Crippen LogP contribution is 2.33. The molecule has 0 aromatic rings. The van der Waals surface area contributed by atoms with Crippen LogP contribution in [-0.4, -0.2) is 5.24 Å². The van der Waals surface area contributed by atoms with Gasteiger partial charge >= 0.3 is 0 Å². The van der Waals surface area contributed by atoms with Gasteiger partial charge in [0.15, 0.2) is 0 Å². The van der Waals surface area contributed by atoms with Crippen molar-refractivity contribution in [3.63, 3.8) is 0 Å². The highest BCUT2D eigenvalue weighted by atomic mass is 35.5. The van der Waals surface area contributed by atoms with E-state index in [-0.39, 0.29) is 11.2 Å². The summed E-state index contributed by atoms with van der Waals surface area (Å²) in [6.07, 6.45) is 14.2. The van der Waals surface area contributed by atoms with Crippen molar-refractivity contribution < 1.29 is 4.79 Å². The molecule has 1 fully saturated rings. The SMILES string of the molecule is CCCCCCCCC1CCC(C(=O)Cl)CC1. The van der Waals surface area contributed by atoms with Gasteiger partial charge < -0.3 is 0 Å². The summed E-state index contributed by atoms with van der Waals surface area (Å²) in [5.74, 6) is 1.03. The number of hydrogen-bond acceptors (Lipinski definition) is 1. The van der Waals surface area contributed by atoms with Gasteiger partial charge in [-0.25, -0.2) is 0 Å². The summed E-state index contributed by atoms with van der Waals surface area (Å²) in [6, 6.07) is 0. The van der Waals surface area contributed by atoms with E-state index < -0.39 is 0 Å². The molecule has 0 radical (unpaired) electrons. The molecular formula is C15H27ClO. The van der Waals surface area contributed by atoms with Crippen molar-refractivity contribution in [2.24, 2.45) is 11.8 Å². The Morgan fingerprint density at radius 3 is 2.18 bits per heavy atom. The van der Waals surface area contributed by atoms with Gasteiger partial charge in [-0.3, -0.25) is 4.79 Å². The second-order valence-corrected chi connectivity index (χ2v) is 5.95. The van der Waals surface area contributed by atoms with Gasteiger partial charge in [0, 0.05) is 5.92 Å². The molecule has 2 heteroatoms. The Morgan fingerprint density at radius 1 is 1.00 bits per heavy atom. The minimum atomic E-state index is -0.108. The van der Waals surface area contributed by atoms with Crippen molar-refractivity contribution in [1.29, 1.82) is 0 Å². The van der Waals surface area contributed by atoms with Crippen LogP contribution in [0.25, 0.3) is 0 Å². The molecule has 0 aromatic carbocycles. The van der Waals surface area contributed by atoms with E-state index in [1.807, 2.05) is 0 Å². The van der Waals surface area contributed by atoms with Crippen LogP contribution in [0.5, 0.6) is 0 Å². The zero-order valence-corrected chi connectivity index (χ0v) is 12.0. The lowest BCUT2D eigenvalue weighted by Gasteiger charge is -2.26. The fourth-order valence-electron chi connectivity index (χ4n) is 2.89. The molecule has 1 saturated carbocycles. The van der Waals surface area contributed by atoms with E-state index in [0.29, 0.717) is 0 Å². The van der Waals surface area contributed by atoms with Crippen LogP contribution in [0.1, 0.15) is 77.6 Å². The molecule has 0 atom stereocenters. The monoisotopic (exact) mass is 258 g/mol. The molecule has 0 heterocycles. The maximum atomic E-state index is 11.0. The fourth-order valence-corrected chi connectivity index (χ4v) is 3.11. The highest BCUT2D eigenvalue weighted by molar-refractivity contribution is 6.63. The maximum absolute atomic E-state index is 11.0. The van der Waals surface area contributed by atoms with E-state index in [4.69, 9.17) is 11.6 Å². The summed E-state index contributed by atoms with van der Waals surface area (Å²) >= 11 is 5.54. The van der Waals surface area contributed by atoms with Crippen LogP contribution in [0.15, 0.2) is 0 Å². The molecule has 17 heavy (non-hydrogen) atoms. The lowest BCUT2D eigenvalue weighted by molar-refractivity contribution is -0.116. The summed E-state index contributed by atoms with van der Waals surface area (Å²) in [6.45, 7) is 2.26. The molecule has 0 saturated heterocycles. The van der Waals surface area contributed by atoms with Gasteiger partial charge in [-0.1, -0.05) is 51.9 Å². The Hall–Kier alpha value is -0.0400. The Labute approximate surface area is 111 Å². The van der Waals surface area contributed by atoms with Gasteiger partial charge in [0.05, 0.1) is 0 Å². The second kappa shape index (κ2) is 8.97. The van der Waals surface area contributed by atoms with E-state index in [2.05, 4.69) is 6.92 Å². The smallest absolute Gasteiger partial charge is 0.224 e. The molecule has 0 aromatic heterocycles. The van der Waals surface area contributed by atoms with Crippen molar-refractivity contribution in [3.8, 4) is 0 Å². The third-order valence-electron chi connectivity index (χ3n) is 4.13. The first-order chi connectivity index (χ1) is 8.24. The van der Waals surface area contributed by atoms with Crippen molar-refractivity contribution >= 4 is 16.8 Å². The van der Waals surface area contributed by atoms with E-state index in [1.165, 1.54) is 57.8 Å². The molecule has 100 valence electrons. The van der Waals surface area contributed by atoms with Crippen LogP contribution in [0.2, 0.25) is 0 Å². The Kier molecular flexibility index (Phi) is 7.92. The molecule has 0 unspecified atom stereocenters. The first kappa shape index (κ1) is 15.0. The molecule has 0 aliphatic heterocycles. The van der Waals surface area contributed by atoms with Crippen LogP contribution < -0.4 is 0 Å². The first-order valence-corrected chi connectivity index (χ1v) is 7.81. The summed E-state index contributed by atoms with van der Waals surface area (Å²) in [5, 5.41) is -0.108. The second-order valence-electron chi connectivity index (χ2n) is 5.58. The topological polar surface area (TPSA) is 17.1 Å². The largest absolute Gasteiger partial charge is 0.281 e. The fraction of sp³-hybridized carbons (Fsp3) is 0.933. The zero-order chi connectivity index (χ0) is 12.5. The van der Waals surface area contributed by atoms with Crippen molar-refractivity contribution in [2.75, 3.05) is 0 Å². The van der Waals surface area contributed by atoms with E-state index in [0.717, 1.165) is 18.8 Å². The molecular weight excluding hydrogens is 232 g/mol. The predicted molar refractivity (Wildman–Crippen MR) is 74.3 cm³/mol. The molecule has 1 aliphatic carbocycles. The minimum absolute atomic E-state index is 0.108. The van der Waals surface area contributed by atoms with Crippen LogP contribution in [-0.2, 0) is 4.79 Å². The van der Waals surface area contributed by atoms with Gasteiger partial charge in [0.25, 0.3) is 0 Å². The normalized spacial score (nSPS) is 24.8. The van der Waals surface area contributed by atoms with E-state index >= 15 is 0 Å². The summed E-state index contributed by atoms with van der Waals surface area (Å²) in [5.41, 5.74) is 0. The van der Waals surface area contributed by atoms with Crippen molar-refractivity contribution in [2.45, 2.75) is 77.6 Å². The third-order valence-corrected chi connectivity index (χ3v) is 4.44. The molecule has 1 aliphatic rings. The number of carbonyl (C=O) groups is 1. The van der Waals surface area contributed by atoms with Gasteiger partial charge in [-0.15, -0.1) is 0 Å². The number of rotatable bonds is 8. The lowest BCUT2D eigenvalue weighted by atomic mass is 9.80. The van der Waals surface area contributed by atoms with Crippen molar-refractivity contribution in [3.05, 3.63) is 0 Å². The third kappa shape index (κ3) is 6.45. The Balaban J connectivity index is 1.97. The van der Waals surface area contributed by atoms with Gasteiger partial charge in [-0.2, -0.15) is 0 Å². The minimum Gasteiger partial charge on any atom is -0.281 e. The number of carbonyl (C=O) groups excluding carboxylic acids is 1. The number of unbranched alkanes of at least 4 members (excludes halogenated alkanes) is 5. The number of hydrogen-bond donors (Lipinski definition) is 0.